The van der Waals surface area contributed by atoms with E-state index in [1.54, 1.807) is 24.4 Å². The number of rotatable bonds is 5. The van der Waals surface area contributed by atoms with Crippen molar-refractivity contribution in [1.29, 1.82) is 0 Å². The highest BCUT2D eigenvalue weighted by atomic mass is 32.2. The average molecular weight is 457 g/mol. The number of nitrogens with zero attached hydrogens (tertiary/aromatic N) is 3. The molecule has 0 amide bonds. The van der Waals surface area contributed by atoms with Crippen molar-refractivity contribution in [3.05, 3.63) is 77.9 Å². The Kier molecular flexibility index (Phi) is 5.46. The maximum absolute atomic E-state index is 14.6. The third kappa shape index (κ3) is 4.08. The molecule has 0 aliphatic heterocycles. The van der Waals surface area contributed by atoms with E-state index in [1.807, 2.05) is 32.9 Å². The van der Waals surface area contributed by atoms with Crippen LogP contribution in [0.25, 0.3) is 16.6 Å². The van der Waals surface area contributed by atoms with E-state index >= 15 is 0 Å². The summed E-state index contributed by atoms with van der Waals surface area (Å²) >= 11 is 0. The number of fused-ring (bicyclic) bond motifs is 1. The predicted molar refractivity (Wildman–Crippen MR) is 120 cm³/mol. The first-order valence-electron chi connectivity index (χ1n) is 9.92. The fourth-order valence-corrected chi connectivity index (χ4v) is 4.54. The number of pyridine rings is 1. The highest BCUT2D eigenvalue weighted by Gasteiger charge is 2.24. The lowest BCUT2D eigenvalue weighted by Crippen LogP contribution is -2.18. The van der Waals surface area contributed by atoms with Gasteiger partial charge in [0.2, 0.25) is 0 Å². The Morgan fingerprint density at radius 1 is 1.06 bits per heavy atom. The van der Waals surface area contributed by atoms with Gasteiger partial charge in [0, 0.05) is 17.6 Å². The van der Waals surface area contributed by atoms with Gasteiger partial charge in [-0.2, -0.15) is 5.10 Å². The number of aromatic nitrogens is 3. The van der Waals surface area contributed by atoms with E-state index in [1.165, 1.54) is 22.9 Å². The number of halogens is 2. The van der Waals surface area contributed by atoms with Gasteiger partial charge in [0.25, 0.3) is 10.0 Å². The Hall–Kier alpha value is -3.33. The average Bonchev–Trinajstić information content (AvgIpc) is 3.14. The maximum atomic E-state index is 14.6. The minimum absolute atomic E-state index is 0.0364. The van der Waals surface area contributed by atoms with Crippen molar-refractivity contribution in [2.45, 2.75) is 37.8 Å². The topological polar surface area (TPSA) is 76.9 Å². The van der Waals surface area contributed by atoms with E-state index in [0.29, 0.717) is 22.2 Å². The third-order valence-electron chi connectivity index (χ3n) is 5.05. The number of hydrogen-bond acceptors (Lipinski definition) is 4. The number of benzene rings is 2. The van der Waals surface area contributed by atoms with Crippen LogP contribution in [0.15, 0.2) is 65.7 Å². The summed E-state index contributed by atoms with van der Waals surface area (Å²) in [7, 11) is -4.17. The molecule has 4 aromatic rings. The SMILES string of the molecule is CC(C)(C)c1ccc(S(=O)(=O)Nc2cc(CF)nn2-c2cccc3ncccc23)cc1F. The molecule has 166 valence electrons. The first kappa shape index (κ1) is 21.9. The molecule has 2 aromatic heterocycles. The van der Waals surface area contributed by atoms with Crippen molar-refractivity contribution in [3.63, 3.8) is 0 Å². The molecule has 0 unspecified atom stereocenters. The molecule has 0 bridgehead atoms. The van der Waals surface area contributed by atoms with Crippen LogP contribution in [0.2, 0.25) is 0 Å². The van der Waals surface area contributed by atoms with Gasteiger partial charge < -0.3 is 0 Å². The molecule has 9 heteroatoms. The van der Waals surface area contributed by atoms with Gasteiger partial charge in [-0.05, 0) is 47.4 Å². The summed E-state index contributed by atoms with van der Waals surface area (Å²) in [6.07, 6.45) is 1.64. The van der Waals surface area contributed by atoms with Crippen LogP contribution < -0.4 is 4.72 Å². The zero-order valence-electron chi connectivity index (χ0n) is 17.8. The predicted octanol–water partition coefficient (Wildman–Crippen LogP) is 5.13. The Morgan fingerprint density at radius 2 is 1.84 bits per heavy atom. The molecule has 0 aliphatic carbocycles. The van der Waals surface area contributed by atoms with Gasteiger partial charge in [-0.3, -0.25) is 9.71 Å². The molecule has 0 fully saturated rings. The van der Waals surface area contributed by atoms with Crippen molar-refractivity contribution in [2.24, 2.45) is 0 Å². The van der Waals surface area contributed by atoms with E-state index in [9.17, 15) is 17.2 Å². The molecule has 0 aliphatic rings. The van der Waals surface area contributed by atoms with Crippen molar-refractivity contribution in [3.8, 4) is 5.69 Å². The summed E-state index contributed by atoms with van der Waals surface area (Å²) in [5, 5.41) is 4.92. The van der Waals surface area contributed by atoms with Crippen LogP contribution >= 0.6 is 0 Å². The van der Waals surface area contributed by atoms with Crippen molar-refractivity contribution >= 4 is 26.7 Å². The zero-order valence-corrected chi connectivity index (χ0v) is 18.6. The van der Waals surface area contributed by atoms with E-state index in [4.69, 9.17) is 0 Å². The summed E-state index contributed by atoms with van der Waals surface area (Å²) in [4.78, 5) is 4.05. The van der Waals surface area contributed by atoms with Crippen LogP contribution in [-0.4, -0.2) is 23.2 Å². The molecule has 4 rings (SSSR count). The zero-order chi connectivity index (χ0) is 23.1. The van der Waals surface area contributed by atoms with Crippen LogP contribution in [0, 0.1) is 5.82 Å². The molecule has 6 nitrogen and oxygen atoms in total. The highest BCUT2D eigenvalue weighted by Crippen LogP contribution is 2.29. The summed E-state index contributed by atoms with van der Waals surface area (Å²) in [5.74, 6) is -0.576. The van der Waals surface area contributed by atoms with Crippen LogP contribution in [0.3, 0.4) is 0 Å². The van der Waals surface area contributed by atoms with E-state index in [2.05, 4.69) is 14.8 Å². The van der Waals surface area contributed by atoms with Gasteiger partial charge in [-0.1, -0.05) is 32.9 Å². The van der Waals surface area contributed by atoms with E-state index in [-0.39, 0.29) is 16.4 Å². The lowest BCUT2D eigenvalue weighted by atomic mass is 9.87. The molecule has 0 saturated heterocycles. The monoisotopic (exact) mass is 456 g/mol. The van der Waals surface area contributed by atoms with Gasteiger partial charge in [0.1, 0.15) is 18.3 Å². The normalized spacial score (nSPS) is 12.3. The highest BCUT2D eigenvalue weighted by molar-refractivity contribution is 7.92. The lowest BCUT2D eigenvalue weighted by molar-refractivity contribution is 0.473. The van der Waals surface area contributed by atoms with Crippen molar-refractivity contribution in [2.75, 3.05) is 4.72 Å². The molecule has 2 aromatic carbocycles. The van der Waals surface area contributed by atoms with E-state index < -0.39 is 27.9 Å². The Morgan fingerprint density at radius 3 is 2.53 bits per heavy atom. The number of alkyl halides is 1. The van der Waals surface area contributed by atoms with Gasteiger partial charge in [0.15, 0.2) is 0 Å². The fourth-order valence-electron chi connectivity index (χ4n) is 3.49. The molecular weight excluding hydrogens is 434 g/mol. The van der Waals surface area contributed by atoms with Gasteiger partial charge in [-0.25, -0.2) is 21.9 Å². The standard InChI is InChI=1S/C23H22F2N4O2S/c1-23(2,3)18-10-9-16(13-19(18)25)32(30,31)28-22-12-15(14-24)27-29(22)21-8-4-7-20-17(21)6-5-11-26-20/h4-13,28H,14H2,1-3H3. The second-order valence-electron chi connectivity index (χ2n) is 8.41. The summed E-state index contributed by atoms with van der Waals surface area (Å²) in [6.45, 7) is 4.65. The molecule has 1 N–H and O–H groups in total. The first-order valence-corrected chi connectivity index (χ1v) is 11.4. The number of sulfonamides is 1. The Bertz CT molecular complexity index is 1400. The summed E-state index contributed by atoms with van der Waals surface area (Å²) < 4.78 is 57.8. The third-order valence-corrected chi connectivity index (χ3v) is 6.40. The van der Waals surface area contributed by atoms with Gasteiger partial charge in [-0.15, -0.1) is 0 Å². The van der Waals surface area contributed by atoms with Crippen molar-refractivity contribution < 1.29 is 17.2 Å². The molecule has 0 spiro atoms. The molecule has 0 atom stereocenters. The van der Waals surface area contributed by atoms with Crippen LogP contribution in [0.4, 0.5) is 14.6 Å². The quantitative estimate of drug-likeness (QED) is 0.452. The second kappa shape index (κ2) is 7.98. The molecular formula is C23H22F2N4O2S. The molecule has 0 saturated carbocycles. The minimum Gasteiger partial charge on any atom is -0.263 e. The number of hydrogen-bond donors (Lipinski definition) is 1. The second-order valence-corrected chi connectivity index (χ2v) is 10.1. The fraction of sp³-hybridized carbons (Fsp3) is 0.217. The Balaban J connectivity index is 1.78. The van der Waals surface area contributed by atoms with Gasteiger partial charge in [0.05, 0.1) is 21.8 Å². The smallest absolute Gasteiger partial charge is 0.263 e. The minimum atomic E-state index is -4.17. The van der Waals surface area contributed by atoms with E-state index in [0.717, 1.165) is 6.07 Å². The van der Waals surface area contributed by atoms with Crippen LogP contribution in [-0.2, 0) is 22.1 Å². The number of nitrogens with one attached hydrogen (secondary N) is 1. The molecule has 32 heavy (non-hydrogen) atoms. The largest absolute Gasteiger partial charge is 0.263 e. The summed E-state index contributed by atoms with van der Waals surface area (Å²) in [5.41, 5.74) is 1.19. The first-order chi connectivity index (χ1) is 15.1. The van der Waals surface area contributed by atoms with Crippen LogP contribution in [0.5, 0.6) is 0 Å². The number of anilines is 1. The Labute approximate surface area is 185 Å². The molecule has 2 heterocycles. The summed E-state index contributed by atoms with van der Waals surface area (Å²) in [6, 6.07) is 14.0. The van der Waals surface area contributed by atoms with Crippen molar-refractivity contribution in [1.82, 2.24) is 14.8 Å². The van der Waals surface area contributed by atoms with Crippen LogP contribution in [0.1, 0.15) is 32.0 Å². The van der Waals surface area contributed by atoms with Gasteiger partial charge >= 0.3 is 0 Å². The lowest BCUT2D eigenvalue weighted by Gasteiger charge is -2.20. The maximum Gasteiger partial charge on any atom is 0.263 e. The molecule has 0 radical (unpaired) electrons.